The van der Waals surface area contributed by atoms with Gasteiger partial charge in [-0.1, -0.05) is 18.2 Å². The number of carbonyl (C=O) groups is 1. The van der Waals surface area contributed by atoms with Crippen LogP contribution in [0.15, 0.2) is 42.5 Å². The summed E-state index contributed by atoms with van der Waals surface area (Å²) in [6, 6.07) is 8.61. The van der Waals surface area contributed by atoms with Crippen molar-refractivity contribution in [3.63, 3.8) is 0 Å². The Morgan fingerprint density at radius 2 is 1.81 bits per heavy atom. The van der Waals surface area contributed by atoms with Gasteiger partial charge in [0.15, 0.2) is 5.75 Å². The lowest BCUT2D eigenvalue weighted by Crippen LogP contribution is -2.15. The van der Waals surface area contributed by atoms with Crippen molar-refractivity contribution >= 4 is 29.3 Å². The second-order valence-electron chi connectivity index (χ2n) is 5.51. The van der Waals surface area contributed by atoms with Crippen molar-refractivity contribution in [2.45, 2.75) is 12.6 Å². The summed E-state index contributed by atoms with van der Waals surface area (Å²) in [5.41, 5.74) is 0.461. The van der Waals surface area contributed by atoms with E-state index in [9.17, 15) is 18.0 Å². The molecule has 4 nitrogen and oxygen atoms in total. The number of aliphatic carboxylic acids is 1. The van der Waals surface area contributed by atoms with E-state index in [0.717, 1.165) is 12.1 Å². The quantitative estimate of drug-likeness (QED) is 0.477. The third-order valence-electron chi connectivity index (χ3n) is 3.72. The Morgan fingerprint density at radius 1 is 1.12 bits per heavy atom. The molecule has 2 aromatic rings. The molecule has 134 valence electrons. The molecular weight excluding hydrogens is 369 g/mol. The van der Waals surface area contributed by atoms with Crippen LogP contribution in [-0.2, 0) is 22.3 Å². The van der Waals surface area contributed by atoms with Crippen molar-refractivity contribution < 1.29 is 32.8 Å². The van der Waals surface area contributed by atoms with Crippen molar-refractivity contribution in [1.29, 1.82) is 0 Å². The van der Waals surface area contributed by atoms with Crippen LogP contribution < -0.4 is 4.89 Å². The van der Waals surface area contributed by atoms with E-state index in [1.807, 2.05) is 0 Å². The lowest BCUT2D eigenvalue weighted by atomic mass is 9.96. The van der Waals surface area contributed by atoms with Gasteiger partial charge in [-0.05, 0) is 53.2 Å². The molecule has 0 atom stereocenters. The van der Waals surface area contributed by atoms with Crippen LogP contribution in [0.3, 0.4) is 0 Å². The number of hydrogen-bond donors (Lipinski definition) is 1. The Balaban J connectivity index is 2.05. The molecule has 1 heterocycles. The first-order valence-corrected chi connectivity index (χ1v) is 7.78. The summed E-state index contributed by atoms with van der Waals surface area (Å²) in [5.74, 6) is -0.866. The maximum Gasteiger partial charge on any atom is 0.417 e. The minimum absolute atomic E-state index is 0.223. The van der Waals surface area contributed by atoms with E-state index in [0.29, 0.717) is 34.9 Å². The van der Waals surface area contributed by atoms with E-state index in [4.69, 9.17) is 27.1 Å². The summed E-state index contributed by atoms with van der Waals surface area (Å²) in [7, 11) is 0. The molecule has 0 unspecified atom stereocenters. The van der Waals surface area contributed by atoms with Crippen LogP contribution in [0, 0.1) is 0 Å². The molecule has 0 saturated heterocycles. The monoisotopic (exact) mass is 380 g/mol. The molecule has 0 saturated carbocycles. The van der Waals surface area contributed by atoms with Gasteiger partial charge in [0.05, 0.1) is 12.0 Å². The number of fused-ring (bicyclic) bond motifs is 1. The highest BCUT2D eigenvalue weighted by Gasteiger charge is 2.33. The van der Waals surface area contributed by atoms with Crippen LogP contribution in [0.1, 0.15) is 16.7 Å². The van der Waals surface area contributed by atoms with Gasteiger partial charge in [-0.25, -0.2) is 4.79 Å². The summed E-state index contributed by atoms with van der Waals surface area (Å²) < 4.78 is 40.1. The topological polar surface area (TPSA) is 55.8 Å². The molecular formula is C18H11F3O4S. The number of rotatable bonds is 3. The van der Waals surface area contributed by atoms with Gasteiger partial charge in [-0.15, -0.1) is 0 Å². The number of benzene rings is 2. The average Bonchev–Trinajstić information content (AvgIpc) is 2.58. The molecule has 1 N–H and O–H groups in total. The predicted molar refractivity (Wildman–Crippen MR) is 91.6 cm³/mol. The summed E-state index contributed by atoms with van der Waals surface area (Å²) in [6.45, 7) is 0. The minimum atomic E-state index is -4.62. The SMILES string of the molecule is O=C(O)C=Cc1ccc(-c2ccc3c(c2)CC(=S)OO3)cc1C(F)(F)F. The summed E-state index contributed by atoms with van der Waals surface area (Å²) >= 11 is 4.93. The fraction of sp³-hybridized carbons (Fsp3) is 0.111. The zero-order chi connectivity index (χ0) is 18.9. The van der Waals surface area contributed by atoms with Gasteiger partial charge < -0.3 is 5.11 Å². The van der Waals surface area contributed by atoms with Crippen LogP contribution in [0.5, 0.6) is 5.75 Å². The molecule has 0 fully saturated rings. The second kappa shape index (κ2) is 6.80. The highest BCUT2D eigenvalue weighted by atomic mass is 32.1. The van der Waals surface area contributed by atoms with Crippen LogP contribution in [0.4, 0.5) is 13.2 Å². The Labute approximate surface area is 151 Å². The fourth-order valence-electron chi connectivity index (χ4n) is 2.54. The van der Waals surface area contributed by atoms with Gasteiger partial charge in [0, 0.05) is 11.6 Å². The maximum atomic E-state index is 13.4. The van der Waals surface area contributed by atoms with E-state index in [1.54, 1.807) is 18.2 Å². The van der Waals surface area contributed by atoms with Gasteiger partial charge >= 0.3 is 12.1 Å². The number of thiocarbonyl (C=S) groups is 1. The molecule has 0 aromatic heterocycles. The molecule has 0 amide bonds. The minimum Gasteiger partial charge on any atom is -0.478 e. The van der Waals surface area contributed by atoms with Crippen molar-refractivity contribution in [1.82, 2.24) is 0 Å². The number of carboxylic acid groups (broad SMARTS) is 1. The molecule has 26 heavy (non-hydrogen) atoms. The second-order valence-corrected chi connectivity index (χ2v) is 5.96. The normalized spacial score (nSPS) is 13.9. The first-order valence-electron chi connectivity index (χ1n) is 7.37. The largest absolute Gasteiger partial charge is 0.478 e. The molecule has 1 aliphatic rings. The zero-order valence-corrected chi connectivity index (χ0v) is 13.9. The highest BCUT2D eigenvalue weighted by molar-refractivity contribution is 7.80. The van der Waals surface area contributed by atoms with E-state index >= 15 is 0 Å². The number of alkyl halides is 3. The molecule has 0 aliphatic carbocycles. The van der Waals surface area contributed by atoms with Crippen LogP contribution >= 0.6 is 12.2 Å². The van der Waals surface area contributed by atoms with Crippen molar-refractivity contribution in [2.24, 2.45) is 0 Å². The molecule has 0 radical (unpaired) electrons. The predicted octanol–water partition coefficient (Wildman–Crippen LogP) is 4.66. The van der Waals surface area contributed by atoms with Crippen molar-refractivity contribution in [3.05, 3.63) is 59.2 Å². The average molecular weight is 380 g/mol. The van der Waals surface area contributed by atoms with Crippen LogP contribution in [0.25, 0.3) is 17.2 Å². The summed E-state index contributed by atoms with van der Waals surface area (Å²) in [5, 5.41) is 8.87. The van der Waals surface area contributed by atoms with Gasteiger partial charge in [-0.2, -0.15) is 13.2 Å². The third kappa shape index (κ3) is 3.85. The van der Waals surface area contributed by atoms with Crippen LogP contribution in [0.2, 0.25) is 0 Å². The third-order valence-corrected chi connectivity index (χ3v) is 3.93. The molecule has 0 bridgehead atoms. The van der Waals surface area contributed by atoms with E-state index < -0.39 is 17.7 Å². The van der Waals surface area contributed by atoms with Gasteiger partial charge in [0.1, 0.15) is 0 Å². The maximum absolute atomic E-state index is 13.4. The molecule has 1 aliphatic heterocycles. The fourth-order valence-corrected chi connectivity index (χ4v) is 2.73. The van der Waals surface area contributed by atoms with Gasteiger partial charge in [0.2, 0.25) is 5.05 Å². The number of carboxylic acids is 1. The molecule has 2 aromatic carbocycles. The summed E-state index contributed by atoms with van der Waals surface area (Å²) in [4.78, 5) is 20.4. The van der Waals surface area contributed by atoms with Crippen molar-refractivity contribution in [2.75, 3.05) is 0 Å². The van der Waals surface area contributed by atoms with E-state index in [2.05, 4.69) is 0 Å². The lowest BCUT2D eigenvalue weighted by molar-refractivity contribution is -0.137. The standard InChI is InChI=1S/C18H11F3O4S/c19-18(20,21)14-8-12(2-1-10(14)4-6-16(22)23)11-3-5-15-13(7-11)9-17(26)25-24-15/h1-8H,9H2,(H,22,23). The Morgan fingerprint density at radius 3 is 2.50 bits per heavy atom. The van der Waals surface area contributed by atoms with E-state index in [1.165, 1.54) is 12.1 Å². The van der Waals surface area contributed by atoms with Gasteiger partial charge in [0.25, 0.3) is 0 Å². The first-order chi connectivity index (χ1) is 12.2. The molecule has 0 spiro atoms. The molecule has 8 heteroatoms. The molecule has 3 rings (SSSR count). The number of halogens is 3. The van der Waals surface area contributed by atoms with E-state index in [-0.39, 0.29) is 10.6 Å². The Hall–Kier alpha value is -2.87. The smallest absolute Gasteiger partial charge is 0.417 e. The van der Waals surface area contributed by atoms with Crippen molar-refractivity contribution in [3.8, 4) is 16.9 Å². The Bertz CT molecular complexity index is 919. The number of hydrogen-bond acceptors (Lipinski definition) is 4. The lowest BCUT2D eigenvalue weighted by Gasteiger charge is -2.18. The first kappa shape index (κ1) is 17.9. The highest BCUT2D eigenvalue weighted by Crippen LogP contribution is 2.37. The Kier molecular flexibility index (Phi) is 4.69. The summed E-state index contributed by atoms with van der Waals surface area (Å²) in [6.07, 6.45) is -2.71. The zero-order valence-electron chi connectivity index (χ0n) is 13.0. The van der Waals surface area contributed by atoms with Crippen LogP contribution in [-0.4, -0.2) is 16.1 Å². The van der Waals surface area contributed by atoms with Gasteiger partial charge in [-0.3, -0.25) is 9.78 Å².